The summed E-state index contributed by atoms with van der Waals surface area (Å²) < 4.78 is 19.9. The number of anilines is 1. The minimum atomic E-state index is -0.410. The Kier molecular flexibility index (Phi) is 7.23. The molecule has 0 saturated carbocycles. The van der Waals surface area contributed by atoms with Crippen molar-refractivity contribution in [3.05, 3.63) is 107 Å². The summed E-state index contributed by atoms with van der Waals surface area (Å²) in [4.78, 5) is 26.1. The van der Waals surface area contributed by atoms with Crippen LogP contribution in [0.25, 0.3) is 21.5 Å². The van der Waals surface area contributed by atoms with Gasteiger partial charge in [0.05, 0.1) is 30.4 Å². The van der Waals surface area contributed by atoms with Gasteiger partial charge in [0.15, 0.2) is 0 Å². The fraction of sp³-hybridized carbons (Fsp3) is 0.167. The zero-order chi connectivity index (χ0) is 25.8. The Morgan fingerprint density at radius 3 is 2.62 bits per heavy atom. The fourth-order valence-electron chi connectivity index (χ4n) is 4.07. The van der Waals surface area contributed by atoms with Gasteiger partial charge in [-0.2, -0.15) is 0 Å². The molecule has 0 aliphatic heterocycles. The zero-order valence-corrected chi connectivity index (χ0v) is 21.5. The van der Waals surface area contributed by atoms with E-state index in [-0.39, 0.29) is 18.1 Å². The topological polar surface area (TPSA) is 55.3 Å². The monoisotopic (exact) mass is 511 g/mol. The lowest BCUT2D eigenvalue weighted by molar-refractivity contribution is 0.0980. The molecule has 37 heavy (non-hydrogen) atoms. The Balaban J connectivity index is 1.44. The molecule has 0 saturated heterocycles. The molecule has 5 rings (SSSR count). The summed E-state index contributed by atoms with van der Waals surface area (Å²) in [6, 6.07) is 23.6. The number of hydrogen-bond donors (Lipinski definition) is 0. The van der Waals surface area contributed by atoms with E-state index in [1.165, 1.54) is 18.3 Å². The van der Waals surface area contributed by atoms with Crippen LogP contribution in [0.4, 0.5) is 10.1 Å². The normalized spacial score (nSPS) is 11.0. The Morgan fingerprint density at radius 1 is 1.00 bits per heavy atom. The van der Waals surface area contributed by atoms with Crippen molar-refractivity contribution >= 4 is 34.0 Å². The molecule has 0 aliphatic rings. The number of ether oxygens (including phenoxy) is 1. The molecule has 5 aromatic rings. The number of fused-ring (bicyclic) bond motifs is 1. The van der Waals surface area contributed by atoms with Crippen LogP contribution in [-0.4, -0.2) is 22.5 Å². The summed E-state index contributed by atoms with van der Waals surface area (Å²) in [7, 11) is 0. The summed E-state index contributed by atoms with van der Waals surface area (Å²) in [6.07, 6.45) is 2.43. The van der Waals surface area contributed by atoms with Crippen LogP contribution in [0.2, 0.25) is 0 Å². The summed E-state index contributed by atoms with van der Waals surface area (Å²) in [5.41, 5.74) is 4.17. The minimum absolute atomic E-state index is 0.207. The van der Waals surface area contributed by atoms with E-state index in [0.717, 1.165) is 33.1 Å². The van der Waals surface area contributed by atoms with E-state index in [1.54, 1.807) is 28.4 Å². The quantitative estimate of drug-likeness (QED) is 0.217. The first kappa shape index (κ1) is 24.6. The third-order valence-corrected chi connectivity index (χ3v) is 7.05. The van der Waals surface area contributed by atoms with Crippen molar-refractivity contribution in [3.8, 4) is 16.2 Å². The van der Waals surface area contributed by atoms with Gasteiger partial charge in [-0.25, -0.2) is 9.37 Å². The summed E-state index contributed by atoms with van der Waals surface area (Å²) in [5.74, 6) is 0.140. The second kappa shape index (κ2) is 10.9. The number of hydrogen-bond acceptors (Lipinski definition) is 5. The lowest BCUT2D eigenvalue weighted by Crippen LogP contribution is -2.31. The van der Waals surface area contributed by atoms with Crippen molar-refractivity contribution in [1.82, 2.24) is 9.97 Å². The highest BCUT2D eigenvalue weighted by Crippen LogP contribution is 2.33. The van der Waals surface area contributed by atoms with Crippen LogP contribution < -0.4 is 9.64 Å². The molecule has 0 aliphatic carbocycles. The SMILES string of the molecule is CCCOc1ccc(-c2ccc(CN(C(=O)c3cnc4ccccc4n3)c3cccc(F)c3)s2)cc1C. The van der Waals surface area contributed by atoms with E-state index >= 15 is 0 Å². The predicted molar refractivity (Wildman–Crippen MR) is 147 cm³/mol. The number of aromatic nitrogens is 2. The maximum atomic E-state index is 14.1. The Bertz CT molecular complexity index is 1570. The maximum Gasteiger partial charge on any atom is 0.278 e. The Hall–Kier alpha value is -4.10. The highest BCUT2D eigenvalue weighted by Gasteiger charge is 2.22. The smallest absolute Gasteiger partial charge is 0.278 e. The fourth-order valence-corrected chi connectivity index (χ4v) is 5.07. The number of amides is 1. The molecule has 0 bridgehead atoms. The Labute approximate surface area is 219 Å². The molecule has 2 heterocycles. The summed E-state index contributed by atoms with van der Waals surface area (Å²) >= 11 is 1.60. The van der Waals surface area contributed by atoms with Crippen LogP contribution in [0, 0.1) is 12.7 Å². The maximum absolute atomic E-state index is 14.1. The van der Waals surface area contributed by atoms with Gasteiger partial charge in [-0.05, 0) is 85.1 Å². The van der Waals surface area contributed by atoms with E-state index in [0.29, 0.717) is 23.3 Å². The van der Waals surface area contributed by atoms with E-state index in [4.69, 9.17) is 4.74 Å². The third-order valence-electron chi connectivity index (χ3n) is 5.93. The van der Waals surface area contributed by atoms with E-state index in [1.807, 2.05) is 55.5 Å². The molecule has 7 heteroatoms. The number of benzene rings is 3. The predicted octanol–water partition coefficient (Wildman–Crippen LogP) is 7.44. The summed E-state index contributed by atoms with van der Waals surface area (Å²) in [5, 5.41) is 0. The second-order valence-electron chi connectivity index (χ2n) is 8.71. The van der Waals surface area contributed by atoms with Crippen molar-refractivity contribution in [2.45, 2.75) is 26.8 Å². The average molecular weight is 512 g/mol. The molecular formula is C30H26FN3O2S. The molecule has 0 radical (unpaired) electrons. The number of para-hydroxylation sites is 2. The number of carbonyl (C=O) groups excluding carboxylic acids is 1. The summed E-state index contributed by atoms with van der Waals surface area (Å²) in [6.45, 7) is 5.09. The van der Waals surface area contributed by atoms with Gasteiger partial charge < -0.3 is 9.64 Å². The van der Waals surface area contributed by atoms with Crippen LogP contribution in [0.3, 0.4) is 0 Å². The van der Waals surface area contributed by atoms with E-state index in [9.17, 15) is 9.18 Å². The number of carbonyl (C=O) groups is 1. The van der Waals surface area contributed by atoms with Crippen molar-refractivity contribution in [2.75, 3.05) is 11.5 Å². The number of halogens is 1. The molecule has 3 aromatic carbocycles. The number of aryl methyl sites for hydroxylation is 1. The molecule has 1 amide bonds. The van der Waals surface area contributed by atoms with Gasteiger partial charge in [-0.3, -0.25) is 9.78 Å². The lowest BCUT2D eigenvalue weighted by Gasteiger charge is -2.22. The first-order valence-electron chi connectivity index (χ1n) is 12.1. The van der Waals surface area contributed by atoms with Gasteiger partial charge in [-0.15, -0.1) is 11.3 Å². The third kappa shape index (κ3) is 5.52. The van der Waals surface area contributed by atoms with Crippen LogP contribution in [0.15, 0.2) is 85.1 Å². The standard InChI is InChI=1S/C30H26FN3O2S/c1-3-15-36-28-13-11-21(16-20(28)2)29-14-12-24(37-29)19-34(23-8-6-7-22(31)17-23)30(35)27-18-32-25-9-4-5-10-26(25)33-27/h4-14,16-18H,3,15,19H2,1-2H3. The van der Waals surface area contributed by atoms with Gasteiger partial charge >= 0.3 is 0 Å². The van der Waals surface area contributed by atoms with Gasteiger partial charge in [0.25, 0.3) is 5.91 Å². The van der Waals surface area contributed by atoms with Crippen LogP contribution >= 0.6 is 11.3 Å². The first-order valence-corrected chi connectivity index (χ1v) is 12.9. The number of nitrogens with zero attached hydrogens (tertiary/aromatic N) is 3. The van der Waals surface area contributed by atoms with Crippen molar-refractivity contribution in [1.29, 1.82) is 0 Å². The molecule has 0 spiro atoms. The second-order valence-corrected chi connectivity index (χ2v) is 9.88. The molecular weight excluding hydrogens is 485 g/mol. The van der Waals surface area contributed by atoms with Crippen LogP contribution in [0.5, 0.6) is 5.75 Å². The van der Waals surface area contributed by atoms with Crippen molar-refractivity contribution < 1.29 is 13.9 Å². The number of rotatable bonds is 8. The van der Waals surface area contributed by atoms with E-state index in [2.05, 4.69) is 23.0 Å². The average Bonchev–Trinajstić information content (AvgIpc) is 3.39. The van der Waals surface area contributed by atoms with E-state index < -0.39 is 5.82 Å². The number of thiophene rings is 1. The van der Waals surface area contributed by atoms with Crippen LogP contribution in [0.1, 0.15) is 34.3 Å². The molecule has 0 atom stereocenters. The molecule has 5 nitrogen and oxygen atoms in total. The van der Waals surface area contributed by atoms with Crippen LogP contribution in [-0.2, 0) is 6.54 Å². The minimum Gasteiger partial charge on any atom is -0.493 e. The molecule has 0 N–H and O–H groups in total. The molecule has 186 valence electrons. The Morgan fingerprint density at radius 2 is 1.84 bits per heavy atom. The highest BCUT2D eigenvalue weighted by molar-refractivity contribution is 7.15. The van der Waals surface area contributed by atoms with Gasteiger partial charge in [0.2, 0.25) is 0 Å². The van der Waals surface area contributed by atoms with Gasteiger partial charge in [0.1, 0.15) is 17.3 Å². The van der Waals surface area contributed by atoms with Crippen molar-refractivity contribution in [2.24, 2.45) is 0 Å². The van der Waals surface area contributed by atoms with Gasteiger partial charge in [0, 0.05) is 15.4 Å². The largest absolute Gasteiger partial charge is 0.493 e. The van der Waals surface area contributed by atoms with Crippen molar-refractivity contribution in [3.63, 3.8) is 0 Å². The first-order chi connectivity index (χ1) is 18.0. The molecule has 0 fully saturated rings. The van der Waals surface area contributed by atoms with Gasteiger partial charge in [-0.1, -0.05) is 25.1 Å². The highest BCUT2D eigenvalue weighted by atomic mass is 32.1. The lowest BCUT2D eigenvalue weighted by atomic mass is 10.1. The molecule has 0 unspecified atom stereocenters. The zero-order valence-electron chi connectivity index (χ0n) is 20.6. The molecule has 2 aromatic heterocycles.